The van der Waals surface area contributed by atoms with Gasteiger partial charge in [0, 0.05) is 12.2 Å². The van der Waals surface area contributed by atoms with Gasteiger partial charge in [-0.1, -0.05) is 181 Å². The minimum atomic E-state index is -0.455. The summed E-state index contributed by atoms with van der Waals surface area (Å²) in [5.74, 6) is -0.911. The van der Waals surface area contributed by atoms with E-state index < -0.39 is 11.9 Å². The average Bonchev–Trinajstić information content (AvgIpc) is 2.96. The molecule has 0 saturated heterocycles. The van der Waals surface area contributed by atoms with E-state index in [4.69, 9.17) is 9.47 Å². The van der Waals surface area contributed by atoms with Crippen LogP contribution in [0.5, 0.6) is 0 Å². The molecular weight excluding hydrogens is 496 g/mol. The Morgan fingerprint density at radius 2 is 0.550 bits per heavy atom. The molecule has 0 bridgehead atoms. The summed E-state index contributed by atoms with van der Waals surface area (Å²) in [6.45, 7) is 5.39. The van der Waals surface area contributed by atoms with Crippen LogP contribution in [0, 0.1) is 0 Å². The predicted octanol–water partition coefficient (Wildman–Crippen LogP) is 11.6. The highest BCUT2D eigenvalue weighted by atomic mass is 16.5. The van der Waals surface area contributed by atoms with Crippen molar-refractivity contribution in [2.75, 3.05) is 13.2 Å². The first kappa shape index (κ1) is 38.7. The van der Waals surface area contributed by atoms with Gasteiger partial charge in [0.1, 0.15) is 0 Å². The second-order valence-corrected chi connectivity index (χ2v) is 11.9. The fourth-order valence-corrected chi connectivity index (χ4v) is 5.17. The van der Waals surface area contributed by atoms with Gasteiger partial charge in [-0.3, -0.25) is 0 Å². The van der Waals surface area contributed by atoms with E-state index in [1.807, 2.05) is 0 Å². The summed E-state index contributed by atoms with van der Waals surface area (Å²) in [6, 6.07) is 0. The van der Waals surface area contributed by atoms with Crippen LogP contribution in [0.1, 0.15) is 194 Å². The van der Waals surface area contributed by atoms with Crippen molar-refractivity contribution in [1.29, 1.82) is 0 Å². The van der Waals surface area contributed by atoms with E-state index in [1.54, 1.807) is 0 Å². The summed E-state index contributed by atoms with van der Waals surface area (Å²) >= 11 is 0. The lowest BCUT2D eigenvalue weighted by molar-refractivity contribution is -0.140. The van der Waals surface area contributed by atoms with Crippen molar-refractivity contribution in [3.05, 3.63) is 12.2 Å². The van der Waals surface area contributed by atoms with Crippen LogP contribution in [0.2, 0.25) is 0 Å². The standard InChI is InChI=1S/C36H68O4/c1-3-5-7-9-11-13-15-17-19-21-23-25-27-29-33-39-35(37)31-32-36(38)40-34-30-28-26-24-22-20-18-16-14-12-10-8-6-4-2/h31-32H,3-30,33-34H2,1-2H3. The molecule has 0 aliphatic heterocycles. The number of ether oxygens (including phenoxy) is 2. The van der Waals surface area contributed by atoms with Crippen molar-refractivity contribution in [2.45, 2.75) is 194 Å². The Labute approximate surface area is 249 Å². The molecule has 0 aromatic heterocycles. The molecule has 0 unspecified atom stereocenters. The molecule has 0 aromatic rings. The van der Waals surface area contributed by atoms with Gasteiger partial charge in [-0.25, -0.2) is 9.59 Å². The zero-order valence-corrected chi connectivity index (χ0v) is 27.0. The van der Waals surface area contributed by atoms with Gasteiger partial charge < -0.3 is 9.47 Å². The first-order valence-corrected chi connectivity index (χ1v) is 17.7. The molecule has 0 heterocycles. The molecule has 0 radical (unpaired) electrons. The molecule has 0 fully saturated rings. The molecule has 0 saturated carbocycles. The van der Waals surface area contributed by atoms with Crippen LogP contribution in [0.4, 0.5) is 0 Å². The Morgan fingerprint density at radius 3 is 0.775 bits per heavy atom. The predicted molar refractivity (Wildman–Crippen MR) is 172 cm³/mol. The molecular formula is C36H68O4. The third kappa shape index (κ3) is 32.9. The van der Waals surface area contributed by atoms with E-state index in [-0.39, 0.29) is 0 Å². The van der Waals surface area contributed by atoms with Gasteiger partial charge in [-0.2, -0.15) is 0 Å². The lowest BCUT2D eigenvalue weighted by atomic mass is 10.0. The number of unbranched alkanes of at least 4 members (excludes halogenated alkanes) is 26. The monoisotopic (exact) mass is 565 g/mol. The minimum Gasteiger partial charge on any atom is -0.463 e. The van der Waals surface area contributed by atoms with Crippen LogP contribution < -0.4 is 0 Å². The van der Waals surface area contributed by atoms with E-state index in [0.717, 1.165) is 25.7 Å². The van der Waals surface area contributed by atoms with Gasteiger partial charge in [0.25, 0.3) is 0 Å². The molecule has 0 atom stereocenters. The van der Waals surface area contributed by atoms with Gasteiger partial charge in [0.05, 0.1) is 13.2 Å². The SMILES string of the molecule is CCCCCCCCCCCCCCCCOC(=O)C=CC(=O)OCCCCCCCCCCCCCCCC. The fraction of sp³-hybridized carbons (Fsp3) is 0.889. The average molecular weight is 565 g/mol. The molecule has 0 rings (SSSR count). The summed E-state index contributed by atoms with van der Waals surface area (Å²) in [4.78, 5) is 23.6. The normalized spacial score (nSPS) is 11.3. The molecule has 0 aliphatic carbocycles. The third-order valence-corrected chi connectivity index (χ3v) is 7.84. The fourth-order valence-electron chi connectivity index (χ4n) is 5.17. The van der Waals surface area contributed by atoms with Crippen molar-refractivity contribution in [3.63, 3.8) is 0 Å². The second-order valence-electron chi connectivity index (χ2n) is 11.9. The van der Waals surface area contributed by atoms with Crippen LogP contribution in [0.25, 0.3) is 0 Å². The number of carbonyl (C=O) groups is 2. The Kier molecular flexibility index (Phi) is 32.8. The van der Waals surface area contributed by atoms with Gasteiger partial charge in [0.2, 0.25) is 0 Å². The third-order valence-electron chi connectivity index (χ3n) is 7.84. The van der Waals surface area contributed by atoms with Crippen LogP contribution >= 0.6 is 0 Å². The van der Waals surface area contributed by atoms with Crippen molar-refractivity contribution < 1.29 is 19.1 Å². The van der Waals surface area contributed by atoms with Crippen molar-refractivity contribution in [1.82, 2.24) is 0 Å². The maximum absolute atomic E-state index is 11.8. The maximum atomic E-state index is 11.8. The molecule has 236 valence electrons. The number of hydrogen-bond donors (Lipinski definition) is 0. The Balaban J connectivity index is 3.34. The zero-order valence-electron chi connectivity index (χ0n) is 27.0. The van der Waals surface area contributed by atoms with Gasteiger partial charge in [-0.05, 0) is 12.8 Å². The van der Waals surface area contributed by atoms with E-state index in [1.165, 1.54) is 166 Å². The topological polar surface area (TPSA) is 52.6 Å². The largest absolute Gasteiger partial charge is 0.463 e. The Bertz CT molecular complexity index is 509. The zero-order chi connectivity index (χ0) is 29.2. The quantitative estimate of drug-likeness (QED) is 0.0463. The second kappa shape index (κ2) is 33.9. The lowest BCUT2D eigenvalue weighted by Crippen LogP contribution is -2.06. The van der Waals surface area contributed by atoms with Crippen LogP contribution in [0.15, 0.2) is 12.2 Å². The molecule has 0 spiro atoms. The highest BCUT2D eigenvalue weighted by molar-refractivity contribution is 5.91. The van der Waals surface area contributed by atoms with Gasteiger partial charge >= 0.3 is 11.9 Å². The smallest absolute Gasteiger partial charge is 0.331 e. The first-order chi connectivity index (χ1) is 19.7. The van der Waals surface area contributed by atoms with E-state index >= 15 is 0 Å². The van der Waals surface area contributed by atoms with Crippen molar-refractivity contribution in [2.24, 2.45) is 0 Å². The molecule has 4 heteroatoms. The minimum absolute atomic E-state index is 0.426. The lowest BCUT2D eigenvalue weighted by Gasteiger charge is -2.04. The highest BCUT2D eigenvalue weighted by Gasteiger charge is 2.02. The molecule has 40 heavy (non-hydrogen) atoms. The van der Waals surface area contributed by atoms with Crippen molar-refractivity contribution in [3.8, 4) is 0 Å². The molecule has 0 aromatic carbocycles. The van der Waals surface area contributed by atoms with Crippen LogP contribution in [0.3, 0.4) is 0 Å². The molecule has 0 N–H and O–H groups in total. The maximum Gasteiger partial charge on any atom is 0.331 e. The molecule has 0 amide bonds. The summed E-state index contributed by atoms with van der Waals surface area (Å²) in [5.41, 5.74) is 0. The first-order valence-electron chi connectivity index (χ1n) is 17.7. The summed E-state index contributed by atoms with van der Waals surface area (Å²) in [5, 5.41) is 0. The van der Waals surface area contributed by atoms with E-state index in [2.05, 4.69) is 13.8 Å². The number of carbonyl (C=O) groups excluding carboxylic acids is 2. The van der Waals surface area contributed by atoms with Gasteiger partial charge in [0.15, 0.2) is 0 Å². The Morgan fingerprint density at radius 1 is 0.350 bits per heavy atom. The van der Waals surface area contributed by atoms with Gasteiger partial charge in [-0.15, -0.1) is 0 Å². The summed E-state index contributed by atoms with van der Waals surface area (Å²) < 4.78 is 10.4. The van der Waals surface area contributed by atoms with E-state index in [0.29, 0.717) is 13.2 Å². The molecule has 0 aliphatic rings. The van der Waals surface area contributed by atoms with Crippen LogP contribution in [-0.2, 0) is 19.1 Å². The Hall–Kier alpha value is -1.32. The molecule has 4 nitrogen and oxygen atoms in total. The van der Waals surface area contributed by atoms with Crippen LogP contribution in [-0.4, -0.2) is 25.2 Å². The number of esters is 2. The summed E-state index contributed by atoms with van der Waals surface area (Å²) in [7, 11) is 0. The number of hydrogen-bond acceptors (Lipinski definition) is 4. The number of rotatable bonds is 32. The summed E-state index contributed by atoms with van der Waals surface area (Å²) in [6.07, 6.45) is 38.9. The van der Waals surface area contributed by atoms with E-state index in [9.17, 15) is 9.59 Å². The van der Waals surface area contributed by atoms with Crippen molar-refractivity contribution >= 4 is 11.9 Å². The highest BCUT2D eigenvalue weighted by Crippen LogP contribution is 2.14.